The van der Waals surface area contributed by atoms with Gasteiger partial charge in [-0.2, -0.15) is 0 Å². The molecule has 0 unspecified atom stereocenters. The van der Waals surface area contributed by atoms with Crippen LogP contribution in [0.2, 0.25) is 0 Å². The van der Waals surface area contributed by atoms with E-state index in [-0.39, 0.29) is 24.0 Å². The average molecular weight is 498 g/mol. The highest BCUT2D eigenvalue weighted by atomic mass is 127. The number of hydrogen-bond donors (Lipinski definition) is 2. The Morgan fingerprint density at radius 3 is 2.68 bits per heavy atom. The lowest BCUT2D eigenvalue weighted by molar-refractivity contribution is 0.123. The molecule has 154 valence electrons. The molecule has 1 aromatic carbocycles. The minimum absolute atomic E-state index is 0. The van der Waals surface area contributed by atoms with Gasteiger partial charge in [0.1, 0.15) is 5.82 Å². The van der Waals surface area contributed by atoms with Crippen molar-refractivity contribution in [2.45, 2.75) is 39.3 Å². The Bertz CT molecular complexity index is 730. The van der Waals surface area contributed by atoms with E-state index in [0.29, 0.717) is 13.1 Å². The Kier molecular flexibility index (Phi) is 9.69. The van der Waals surface area contributed by atoms with Gasteiger partial charge in [-0.25, -0.2) is 4.99 Å². The van der Waals surface area contributed by atoms with Crippen molar-refractivity contribution < 1.29 is 4.74 Å². The molecule has 0 spiro atoms. The van der Waals surface area contributed by atoms with Gasteiger partial charge in [0.15, 0.2) is 11.8 Å². The van der Waals surface area contributed by atoms with Gasteiger partial charge in [-0.1, -0.05) is 30.3 Å². The summed E-state index contributed by atoms with van der Waals surface area (Å²) in [5, 5.41) is 15.0. The number of ether oxygens (including phenoxy) is 1. The maximum Gasteiger partial charge on any atom is 0.191 e. The first-order chi connectivity index (χ1) is 13.2. The van der Waals surface area contributed by atoms with Crippen molar-refractivity contribution in [1.82, 2.24) is 25.4 Å². The average Bonchev–Trinajstić information content (AvgIpc) is 3.46. The van der Waals surface area contributed by atoms with Crippen LogP contribution in [0.4, 0.5) is 0 Å². The Morgan fingerprint density at radius 2 is 2.00 bits per heavy atom. The number of nitrogens with zero attached hydrogens (tertiary/aromatic N) is 4. The van der Waals surface area contributed by atoms with Crippen LogP contribution in [0.5, 0.6) is 0 Å². The number of aromatic nitrogens is 3. The van der Waals surface area contributed by atoms with Crippen molar-refractivity contribution >= 4 is 29.9 Å². The smallest absolute Gasteiger partial charge is 0.191 e. The van der Waals surface area contributed by atoms with E-state index in [0.717, 1.165) is 49.7 Å². The quantitative estimate of drug-likeness (QED) is 0.228. The van der Waals surface area contributed by atoms with E-state index in [1.54, 1.807) is 0 Å². The Labute approximate surface area is 184 Å². The summed E-state index contributed by atoms with van der Waals surface area (Å²) in [6, 6.07) is 10.2. The summed E-state index contributed by atoms with van der Waals surface area (Å²) >= 11 is 0. The van der Waals surface area contributed by atoms with E-state index >= 15 is 0 Å². The Balaban J connectivity index is 0.00000280. The van der Waals surface area contributed by atoms with E-state index in [9.17, 15) is 0 Å². The lowest BCUT2D eigenvalue weighted by Gasteiger charge is -2.13. The lowest BCUT2D eigenvalue weighted by atomic mass is 10.2. The van der Waals surface area contributed by atoms with Crippen LogP contribution in [0.3, 0.4) is 0 Å². The van der Waals surface area contributed by atoms with E-state index in [2.05, 4.69) is 33.0 Å². The summed E-state index contributed by atoms with van der Waals surface area (Å²) in [4.78, 5) is 4.70. The summed E-state index contributed by atoms with van der Waals surface area (Å²) in [7, 11) is 1.97. The van der Waals surface area contributed by atoms with Crippen molar-refractivity contribution in [3.63, 3.8) is 0 Å². The number of aryl methyl sites for hydroxylation is 1. The summed E-state index contributed by atoms with van der Waals surface area (Å²) in [6.45, 7) is 5.68. The zero-order valence-electron chi connectivity index (χ0n) is 16.7. The van der Waals surface area contributed by atoms with Crippen molar-refractivity contribution in [3.8, 4) is 0 Å². The molecule has 1 aliphatic rings. The predicted octanol–water partition coefficient (Wildman–Crippen LogP) is 2.79. The normalized spacial score (nSPS) is 13.9. The summed E-state index contributed by atoms with van der Waals surface area (Å²) in [5.41, 5.74) is 1.18. The summed E-state index contributed by atoms with van der Waals surface area (Å²) < 4.78 is 7.67. The SMILES string of the molecule is Cc1nnc(CNC(=NCc2ccccc2)NCCCOCC2CC2)n1C.I. The number of benzene rings is 1. The van der Waals surface area contributed by atoms with Gasteiger partial charge in [0.05, 0.1) is 13.1 Å². The van der Waals surface area contributed by atoms with Crippen LogP contribution < -0.4 is 10.6 Å². The van der Waals surface area contributed by atoms with Crippen LogP contribution in [0, 0.1) is 12.8 Å². The first kappa shape index (κ1) is 22.6. The third-order valence-corrected chi connectivity index (χ3v) is 4.67. The monoisotopic (exact) mass is 498 g/mol. The molecule has 28 heavy (non-hydrogen) atoms. The number of hydrogen-bond acceptors (Lipinski definition) is 4. The largest absolute Gasteiger partial charge is 0.381 e. The molecule has 1 aromatic heterocycles. The van der Waals surface area contributed by atoms with E-state index in [1.165, 1.54) is 18.4 Å². The van der Waals surface area contributed by atoms with E-state index in [4.69, 9.17) is 9.73 Å². The molecule has 8 heteroatoms. The topological polar surface area (TPSA) is 76.4 Å². The summed E-state index contributed by atoms with van der Waals surface area (Å²) in [5.74, 6) is 3.38. The molecule has 7 nitrogen and oxygen atoms in total. The van der Waals surface area contributed by atoms with Gasteiger partial charge in [-0.3, -0.25) is 0 Å². The second kappa shape index (κ2) is 12.0. The van der Waals surface area contributed by atoms with Gasteiger partial charge in [-0.05, 0) is 37.7 Å². The number of halogens is 1. The zero-order valence-corrected chi connectivity index (χ0v) is 19.1. The molecule has 0 bridgehead atoms. The summed E-state index contributed by atoms with van der Waals surface area (Å²) in [6.07, 6.45) is 3.63. The highest BCUT2D eigenvalue weighted by molar-refractivity contribution is 14.0. The van der Waals surface area contributed by atoms with Crippen molar-refractivity contribution in [3.05, 3.63) is 47.5 Å². The fourth-order valence-corrected chi connectivity index (χ4v) is 2.61. The van der Waals surface area contributed by atoms with Gasteiger partial charge in [0.25, 0.3) is 0 Å². The molecule has 2 N–H and O–H groups in total. The fourth-order valence-electron chi connectivity index (χ4n) is 2.61. The van der Waals surface area contributed by atoms with Gasteiger partial charge in [0.2, 0.25) is 0 Å². The molecule has 1 heterocycles. The molecule has 1 aliphatic carbocycles. The first-order valence-corrected chi connectivity index (χ1v) is 9.71. The molecular formula is C20H31IN6O. The molecule has 0 saturated heterocycles. The standard InChI is InChI=1S/C20H30N6O.HI/c1-16-24-25-19(26(16)2)14-23-20(22-13-17-7-4-3-5-8-17)21-11-6-12-27-15-18-9-10-18;/h3-5,7-8,18H,6,9-15H2,1-2H3,(H2,21,22,23);1H. The fraction of sp³-hybridized carbons (Fsp3) is 0.550. The van der Waals surface area contributed by atoms with Crippen LogP contribution in [0.25, 0.3) is 0 Å². The van der Waals surface area contributed by atoms with Crippen LogP contribution >= 0.6 is 24.0 Å². The maximum absolute atomic E-state index is 5.69. The maximum atomic E-state index is 5.69. The minimum atomic E-state index is 0. The molecule has 0 radical (unpaired) electrons. The molecule has 1 saturated carbocycles. The Morgan fingerprint density at radius 1 is 1.21 bits per heavy atom. The van der Waals surface area contributed by atoms with Crippen LogP contribution in [-0.2, 0) is 24.9 Å². The zero-order chi connectivity index (χ0) is 18.9. The molecule has 0 atom stereocenters. The number of nitrogens with one attached hydrogen (secondary N) is 2. The molecular weight excluding hydrogens is 467 g/mol. The van der Waals surface area contributed by atoms with Gasteiger partial charge >= 0.3 is 0 Å². The van der Waals surface area contributed by atoms with E-state index in [1.807, 2.05) is 36.7 Å². The van der Waals surface area contributed by atoms with Gasteiger partial charge < -0.3 is 19.9 Å². The molecule has 0 aliphatic heterocycles. The second-order valence-corrected chi connectivity index (χ2v) is 7.03. The minimum Gasteiger partial charge on any atom is -0.381 e. The second-order valence-electron chi connectivity index (χ2n) is 7.03. The molecule has 2 aromatic rings. The third kappa shape index (κ3) is 7.75. The van der Waals surface area contributed by atoms with Crippen LogP contribution in [-0.4, -0.2) is 40.5 Å². The predicted molar refractivity (Wildman–Crippen MR) is 122 cm³/mol. The lowest BCUT2D eigenvalue weighted by Crippen LogP contribution is -2.38. The highest BCUT2D eigenvalue weighted by Gasteiger charge is 2.20. The number of rotatable bonds is 10. The van der Waals surface area contributed by atoms with Gasteiger partial charge in [0, 0.05) is 26.8 Å². The van der Waals surface area contributed by atoms with Crippen molar-refractivity contribution in [1.29, 1.82) is 0 Å². The first-order valence-electron chi connectivity index (χ1n) is 9.71. The number of aliphatic imine (C=N–C) groups is 1. The highest BCUT2D eigenvalue weighted by Crippen LogP contribution is 2.28. The van der Waals surface area contributed by atoms with Crippen molar-refractivity contribution in [2.24, 2.45) is 18.0 Å². The van der Waals surface area contributed by atoms with E-state index < -0.39 is 0 Å². The Hall–Kier alpha value is -1.68. The molecule has 0 amide bonds. The van der Waals surface area contributed by atoms with Gasteiger partial charge in [-0.15, -0.1) is 34.2 Å². The van der Waals surface area contributed by atoms with Crippen LogP contribution in [0.15, 0.2) is 35.3 Å². The van der Waals surface area contributed by atoms with Crippen molar-refractivity contribution in [2.75, 3.05) is 19.8 Å². The van der Waals surface area contributed by atoms with Crippen LogP contribution in [0.1, 0.15) is 36.5 Å². The number of guanidine groups is 1. The molecule has 3 rings (SSSR count). The third-order valence-electron chi connectivity index (χ3n) is 4.67. The molecule has 1 fully saturated rings.